The Balaban J connectivity index is 1.46. The van der Waals surface area contributed by atoms with Gasteiger partial charge >= 0.3 is 0 Å². The Morgan fingerprint density at radius 2 is 1.79 bits per heavy atom. The number of hydrogen-bond acceptors (Lipinski definition) is 4. The molecule has 2 aromatic rings. The molecule has 1 fully saturated rings. The van der Waals surface area contributed by atoms with E-state index in [1.165, 1.54) is 5.56 Å². The van der Waals surface area contributed by atoms with E-state index in [0.717, 1.165) is 12.1 Å². The molecule has 0 bridgehead atoms. The minimum Gasteiger partial charge on any atom is -0.381 e. The highest BCUT2D eigenvalue weighted by Crippen LogP contribution is 2.31. The third kappa shape index (κ3) is 3.41. The molecule has 0 aromatic heterocycles. The quantitative estimate of drug-likeness (QED) is 0.855. The number of amides is 2. The fourth-order valence-electron chi connectivity index (χ4n) is 3.95. The largest absolute Gasteiger partial charge is 0.381 e. The fourth-order valence-corrected chi connectivity index (χ4v) is 3.95. The number of nitrogens with one attached hydrogen (secondary N) is 1. The van der Waals surface area contributed by atoms with Crippen molar-refractivity contribution >= 4 is 23.2 Å². The Kier molecular flexibility index (Phi) is 5.15. The average Bonchev–Trinajstić information content (AvgIpc) is 3.18. The second-order valence-electron chi connectivity index (χ2n) is 7.46. The molecule has 0 saturated carbocycles. The second-order valence-corrected chi connectivity index (χ2v) is 7.46. The second kappa shape index (κ2) is 7.73. The van der Waals surface area contributed by atoms with Crippen LogP contribution in [0.4, 0.5) is 11.4 Å². The Hall–Kier alpha value is -2.70. The summed E-state index contributed by atoms with van der Waals surface area (Å²) in [5.41, 5.74) is 8.77. The van der Waals surface area contributed by atoms with Gasteiger partial charge in [-0.15, -0.1) is 0 Å². The molecular weight excluding hydrogens is 354 g/mol. The standard InChI is InChI=1S/C22H25N3O3/c23-15-22(10-13-28-14-11-22)21(27)24-18-7-5-17(6-8-18)20(26)25-12-9-16-3-1-2-4-19(16)25/h1-8H,9-15,23H2,(H,24,27). The maximum atomic E-state index is 12.9. The molecule has 2 aromatic carbocycles. The van der Waals surface area contributed by atoms with Gasteiger partial charge in [0.2, 0.25) is 5.91 Å². The van der Waals surface area contributed by atoms with Crippen LogP contribution >= 0.6 is 0 Å². The lowest BCUT2D eigenvalue weighted by molar-refractivity contribution is -0.130. The summed E-state index contributed by atoms with van der Waals surface area (Å²) in [7, 11) is 0. The van der Waals surface area contributed by atoms with E-state index >= 15 is 0 Å². The highest BCUT2D eigenvalue weighted by atomic mass is 16.5. The lowest BCUT2D eigenvalue weighted by Gasteiger charge is -2.34. The molecule has 6 nitrogen and oxygen atoms in total. The molecule has 6 heteroatoms. The molecule has 2 amide bonds. The van der Waals surface area contributed by atoms with Gasteiger partial charge in [0.15, 0.2) is 0 Å². The maximum Gasteiger partial charge on any atom is 0.258 e. The lowest BCUT2D eigenvalue weighted by Crippen LogP contribution is -2.46. The van der Waals surface area contributed by atoms with Crippen LogP contribution in [-0.2, 0) is 16.0 Å². The van der Waals surface area contributed by atoms with E-state index in [-0.39, 0.29) is 11.8 Å². The summed E-state index contributed by atoms with van der Waals surface area (Å²) in [4.78, 5) is 27.5. The predicted octanol–water partition coefficient (Wildman–Crippen LogP) is 2.58. The van der Waals surface area contributed by atoms with Crippen molar-refractivity contribution in [3.8, 4) is 0 Å². The third-order valence-corrected chi connectivity index (χ3v) is 5.84. The molecule has 0 spiro atoms. The number of carbonyl (C=O) groups is 2. The van der Waals surface area contributed by atoms with Crippen LogP contribution in [0.1, 0.15) is 28.8 Å². The molecule has 2 heterocycles. The van der Waals surface area contributed by atoms with E-state index in [2.05, 4.69) is 11.4 Å². The molecule has 4 rings (SSSR count). The number of anilines is 2. The van der Waals surface area contributed by atoms with Crippen molar-refractivity contribution in [2.75, 3.05) is 36.5 Å². The number of fused-ring (bicyclic) bond motifs is 1. The van der Waals surface area contributed by atoms with E-state index < -0.39 is 5.41 Å². The summed E-state index contributed by atoms with van der Waals surface area (Å²) in [6, 6.07) is 15.1. The van der Waals surface area contributed by atoms with Gasteiger partial charge in [0.1, 0.15) is 0 Å². The number of nitrogens with zero attached hydrogens (tertiary/aromatic N) is 1. The maximum absolute atomic E-state index is 12.9. The van der Waals surface area contributed by atoms with E-state index in [9.17, 15) is 9.59 Å². The molecular formula is C22H25N3O3. The van der Waals surface area contributed by atoms with E-state index in [1.807, 2.05) is 23.1 Å². The SMILES string of the molecule is NCC1(C(=O)Nc2ccc(C(=O)N3CCc4ccccc43)cc2)CCOCC1. The van der Waals surface area contributed by atoms with Crippen LogP contribution in [0.3, 0.4) is 0 Å². The van der Waals surface area contributed by atoms with Gasteiger partial charge < -0.3 is 20.7 Å². The number of para-hydroxylation sites is 1. The first kappa shape index (κ1) is 18.7. The molecule has 28 heavy (non-hydrogen) atoms. The van der Waals surface area contributed by atoms with Crippen molar-refractivity contribution in [2.24, 2.45) is 11.1 Å². The number of carbonyl (C=O) groups excluding carboxylic acids is 2. The molecule has 2 aliphatic rings. The number of benzene rings is 2. The first-order valence-corrected chi connectivity index (χ1v) is 9.72. The van der Waals surface area contributed by atoms with Gasteiger partial charge in [-0.25, -0.2) is 0 Å². The minimum atomic E-state index is -0.577. The fraction of sp³-hybridized carbons (Fsp3) is 0.364. The molecule has 3 N–H and O–H groups in total. The van der Waals surface area contributed by atoms with Crippen LogP contribution < -0.4 is 16.0 Å². The van der Waals surface area contributed by atoms with Crippen LogP contribution in [0, 0.1) is 5.41 Å². The van der Waals surface area contributed by atoms with Crippen molar-refractivity contribution < 1.29 is 14.3 Å². The topological polar surface area (TPSA) is 84.7 Å². The van der Waals surface area contributed by atoms with Gasteiger partial charge in [0.05, 0.1) is 5.41 Å². The normalized spacial score (nSPS) is 17.8. The van der Waals surface area contributed by atoms with Gasteiger partial charge in [-0.05, 0) is 55.2 Å². The van der Waals surface area contributed by atoms with Crippen molar-refractivity contribution in [2.45, 2.75) is 19.3 Å². The van der Waals surface area contributed by atoms with Gasteiger partial charge in [0, 0.05) is 43.2 Å². The van der Waals surface area contributed by atoms with Gasteiger partial charge in [-0.2, -0.15) is 0 Å². The molecule has 0 atom stereocenters. The zero-order valence-electron chi connectivity index (χ0n) is 15.8. The zero-order valence-corrected chi connectivity index (χ0v) is 15.8. The Labute approximate surface area is 164 Å². The Morgan fingerprint density at radius 1 is 1.07 bits per heavy atom. The van der Waals surface area contributed by atoms with E-state index in [4.69, 9.17) is 10.5 Å². The predicted molar refractivity (Wildman–Crippen MR) is 108 cm³/mol. The van der Waals surface area contributed by atoms with Gasteiger partial charge in [-0.1, -0.05) is 18.2 Å². The van der Waals surface area contributed by atoms with Crippen LogP contribution in [0.5, 0.6) is 0 Å². The molecule has 0 aliphatic carbocycles. The summed E-state index contributed by atoms with van der Waals surface area (Å²) in [5, 5.41) is 2.96. The molecule has 0 unspecified atom stereocenters. The Bertz CT molecular complexity index is 873. The van der Waals surface area contributed by atoms with Crippen LogP contribution in [0.2, 0.25) is 0 Å². The van der Waals surface area contributed by atoms with E-state index in [0.29, 0.717) is 50.4 Å². The summed E-state index contributed by atoms with van der Waals surface area (Å²) in [6.45, 7) is 2.09. The van der Waals surface area contributed by atoms with Crippen molar-refractivity contribution in [1.82, 2.24) is 0 Å². The molecule has 146 valence electrons. The van der Waals surface area contributed by atoms with Crippen LogP contribution in [0.15, 0.2) is 48.5 Å². The van der Waals surface area contributed by atoms with E-state index in [1.54, 1.807) is 24.3 Å². The monoisotopic (exact) mass is 379 g/mol. The number of hydrogen-bond donors (Lipinski definition) is 2. The molecule has 0 radical (unpaired) electrons. The highest BCUT2D eigenvalue weighted by Gasteiger charge is 2.38. The smallest absolute Gasteiger partial charge is 0.258 e. The number of ether oxygens (including phenoxy) is 1. The van der Waals surface area contributed by atoms with Crippen molar-refractivity contribution in [3.05, 3.63) is 59.7 Å². The number of rotatable bonds is 4. The molecule has 1 saturated heterocycles. The van der Waals surface area contributed by atoms with Crippen LogP contribution in [-0.4, -0.2) is 38.1 Å². The molecule has 2 aliphatic heterocycles. The average molecular weight is 379 g/mol. The van der Waals surface area contributed by atoms with Crippen LogP contribution in [0.25, 0.3) is 0 Å². The van der Waals surface area contributed by atoms with Gasteiger partial charge in [0.25, 0.3) is 5.91 Å². The summed E-state index contributed by atoms with van der Waals surface area (Å²) < 4.78 is 5.37. The first-order valence-electron chi connectivity index (χ1n) is 9.72. The summed E-state index contributed by atoms with van der Waals surface area (Å²) in [6.07, 6.45) is 2.13. The zero-order chi connectivity index (χ0) is 19.6. The van der Waals surface area contributed by atoms with Crippen molar-refractivity contribution in [3.63, 3.8) is 0 Å². The minimum absolute atomic E-state index is 0.0225. The highest BCUT2D eigenvalue weighted by molar-refractivity contribution is 6.07. The number of nitrogens with two attached hydrogens (primary N) is 1. The first-order chi connectivity index (χ1) is 13.6. The Morgan fingerprint density at radius 3 is 2.50 bits per heavy atom. The summed E-state index contributed by atoms with van der Waals surface area (Å²) in [5.74, 6) is -0.100. The third-order valence-electron chi connectivity index (χ3n) is 5.84. The van der Waals surface area contributed by atoms with Crippen molar-refractivity contribution in [1.29, 1.82) is 0 Å². The lowest BCUT2D eigenvalue weighted by atomic mass is 9.79. The van der Waals surface area contributed by atoms with Gasteiger partial charge in [-0.3, -0.25) is 9.59 Å². The summed E-state index contributed by atoms with van der Waals surface area (Å²) >= 11 is 0.